The highest BCUT2D eigenvalue weighted by Crippen LogP contribution is 2.33. The molecule has 1 amide bonds. The SMILES string of the molecule is CC(=O)NCCc1c[nH]c2ccc(OC(=O)CCCNc3c4c(nc5ccccc35)CCCC4)cc12. The van der Waals surface area contributed by atoms with E-state index in [1.165, 1.54) is 36.7 Å². The van der Waals surface area contributed by atoms with E-state index in [1.807, 2.05) is 36.5 Å². The molecule has 0 atom stereocenters. The predicted octanol–water partition coefficient (Wildman–Crippen LogP) is 5.07. The smallest absolute Gasteiger partial charge is 0.311 e. The fourth-order valence-electron chi connectivity index (χ4n) is 5.00. The summed E-state index contributed by atoms with van der Waals surface area (Å²) >= 11 is 0. The third-order valence-electron chi connectivity index (χ3n) is 6.77. The van der Waals surface area contributed by atoms with Gasteiger partial charge in [0.05, 0.1) is 5.52 Å². The van der Waals surface area contributed by atoms with Gasteiger partial charge >= 0.3 is 5.97 Å². The topological polar surface area (TPSA) is 96.1 Å². The van der Waals surface area contributed by atoms with Crippen molar-refractivity contribution in [1.82, 2.24) is 15.3 Å². The molecule has 0 bridgehead atoms. The van der Waals surface area contributed by atoms with Crippen molar-refractivity contribution in [3.05, 3.63) is 65.5 Å². The standard InChI is InChI=1S/C29H32N4O3/c1-19(34)30-16-14-20-18-32-25-13-12-21(17-24(20)25)36-28(35)11-6-15-31-29-22-7-2-4-9-26(22)33-27-10-5-3-8-23(27)29/h2,4,7,9,12-13,17-18,32H,3,5-6,8,10-11,14-16H2,1H3,(H,30,34)(H,31,33). The van der Waals surface area contributed by atoms with Crippen LogP contribution in [0.1, 0.15) is 49.4 Å². The van der Waals surface area contributed by atoms with Crippen molar-refractivity contribution in [2.45, 2.75) is 51.9 Å². The fourth-order valence-corrected chi connectivity index (χ4v) is 5.00. The summed E-state index contributed by atoms with van der Waals surface area (Å²) in [5.41, 5.74) is 6.79. The second kappa shape index (κ2) is 10.8. The highest BCUT2D eigenvalue weighted by Gasteiger charge is 2.18. The van der Waals surface area contributed by atoms with Crippen LogP contribution in [0, 0.1) is 0 Å². The molecule has 1 aliphatic rings. The molecule has 0 spiro atoms. The summed E-state index contributed by atoms with van der Waals surface area (Å²) in [5.74, 6) is 0.249. The van der Waals surface area contributed by atoms with Gasteiger partial charge in [-0.05, 0) is 73.9 Å². The quantitative estimate of drug-likeness (QED) is 0.175. The Labute approximate surface area is 210 Å². The number of fused-ring (bicyclic) bond motifs is 3. The lowest BCUT2D eigenvalue weighted by molar-refractivity contribution is -0.134. The number of carbonyl (C=O) groups excluding carboxylic acids is 2. The molecule has 2 aromatic heterocycles. The van der Waals surface area contributed by atoms with E-state index in [9.17, 15) is 9.59 Å². The van der Waals surface area contributed by atoms with Crippen LogP contribution >= 0.6 is 0 Å². The van der Waals surface area contributed by atoms with Crippen molar-refractivity contribution in [2.75, 3.05) is 18.4 Å². The lowest BCUT2D eigenvalue weighted by Gasteiger charge is -2.21. The summed E-state index contributed by atoms with van der Waals surface area (Å²) in [6.45, 7) is 2.77. The maximum atomic E-state index is 12.6. The zero-order chi connectivity index (χ0) is 24.9. The van der Waals surface area contributed by atoms with Gasteiger partial charge in [0.1, 0.15) is 5.75 Å². The van der Waals surface area contributed by atoms with Gasteiger partial charge in [-0.25, -0.2) is 0 Å². The molecule has 7 nitrogen and oxygen atoms in total. The highest BCUT2D eigenvalue weighted by atomic mass is 16.5. The van der Waals surface area contributed by atoms with Crippen LogP contribution in [0.25, 0.3) is 21.8 Å². The van der Waals surface area contributed by atoms with E-state index in [4.69, 9.17) is 9.72 Å². The van der Waals surface area contributed by atoms with Gasteiger partial charge in [-0.15, -0.1) is 0 Å². The number of hydrogen-bond donors (Lipinski definition) is 3. The van der Waals surface area contributed by atoms with Crippen LogP contribution in [0.3, 0.4) is 0 Å². The van der Waals surface area contributed by atoms with Crippen LogP contribution in [-0.2, 0) is 28.9 Å². The number of ether oxygens (including phenoxy) is 1. The van der Waals surface area contributed by atoms with Crippen molar-refractivity contribution < 1.29 is 14.3 Å². The number of benzene rings is 2. The first-order chi connectivity index (χ1) is 17.6. The van der Waals surface area contributed by atoms with E-state index < -0.39 is 0 Å². The molecule has 2 heterocycles. The van der Waals surface area contributed by atoms with E-state index in [0.717, 1.165) is 40.2 Å². The van der Waals surface area contributed by atoms with Crippen LogP contribution < -0.4 is 15.4 Å². The number of hydrogen-bond acceptors (Lipinski definition) is 5. The molecular formula is C29H32N4O3. The highest BCUT2D eigenvalue weighted by molar-refractivity contribution is 5.93. The minimum Gasteiger partial charge on any atom is -0.427 e. The molecule has 0 radical (unpaired) electrons. The van der Waals surface area contributed by atoms with E-state index in [2.05, 4.69) is 27.8 Å². The van der Waals surface area contributed by atoms with E-state index in [0.29, 0.717) is 38.1 Å². The number of nitrogens with one attached hydrogen (secondary N) is 3. The number of anilines is 1. The third kappa shape index (κ3) is 5.35. The number of nitrogens with zero attached hydrogens (tertiary/aromatic N) is 1. The van der Waals surface area contributed by atoms with Crippen LogP contribution in [0.5, 0.6) is 5.75 Å². The second-order valence-corrected chi connectivity index (χ2v) is 9.39. The van der Waals surface area contributed by atoms with Gasteiger partial charge in [-0.3, -0.25) is 14.6 Å². The molecule has 4 aromatic rings. The lowest BCUT2D eigenvalue weighted by Crippen LogP contribution is -2.22. The summed E-state index contributed by atoms with van der Waals surface area (Å²) in [6.07, 6.45) is 8.11. The Bertz CT molecular complexity index is 1410. The molecule has 0 fully saturated rings. The Morgan fingerprint density at radius 3 is 2.81 bits per heavy atom. The molecule has 2 aromatic carbocycles. The van der Waals surface area contributed by atoms with Gasteiger partial charge in [0.25, 0.3) is 0 Å². The van der Waals surface area contributed by atoms with Gasteiger partial charge in [-0.1, -0.05) is 18.2 Å². The number of carbonyl (C=O) groups is 2. The Hall–Kier alpha value is -3.87. The molecule has 1 aliphatic carbocycles. The largest absolute Gasteiger partial charge is 0.427 e. The summed E-state index contributed by atoms with van der Waals surface area (Å²) in [6, 6.07) is 13.9. The van der Waals surface area contributed by atoms with Crippen molar-refractivity contribution in [1.29, 1.82) is 0 Å². The number of para-hydroxylation sites is 1. The number of aromatic amines is 1. The number of amides is 1. The maximum absolute atomic E-state index is 12.6. The second-order valence-electron chi connectivity index (χ2n) is 9.39. The molecule has 0 unspecified atom stereocenters. The number of esters is 1. The van der Waals surface area contributed by atoms with E-state index in [-0.39, 0.29) is 11.9 Å². The van der Waals surface area contributed by atoms with Crippen molar-refractivity contribution in [3.63, 3.8) is 0 Å². The number of pyridine rings is 1. The summed E-state index contributed by atoms with van der Waals surface area (Å²) in [4.78, 5) is 31.8. The van der Waals surface area contributed by atoms with Crippen molar-refractivity contribution >= 4 is 39.4 Å². The van der Waals surface area contributed by atoms with Gasteiger partial charge in [0.15, 0.2) is 0 Å². The number of aromatic nitrogens is 2. The lowest BCUT2D eigenvalue weighted by atomic mass is 9.92. The van der Waals surface area contributed by atoms with Gasteiger partial charge in [0, 0.05) is 60.3 Å². The van der Waals surface area contributed by atoms with Gasteiger partial charge < -0.3 is 20.4 Å². The Balaban J connectivity index is 1.18. The summed E-state index contributed by atoms with van der Waals surface area (Å²) < 4.78 is 5.64. The number of H-pyrrole nitrogens is 1. The minimum atomic E-state index is -0.243. The monoisotopic (exact) mass is 484 g/mol. The molecule has 0 aliphatic heterocycles. The average molecular weight is 485 g/mol. The molecule has 7 heteroatoms. The number of aryl methyl sites for hydroxylation is 1. The molecule has 36 heavy (non-hydrogen) atoms. The Kier molecular flexibility index (Phi) is 7.16. The Morgan fingerprint density at radius 1 is 1.06 bits per heavy atom. The first-order valence-electron chi connectivity index (χ1n) is 12.8. The summed E-state index contributed by atoms with van der Waals surface area (Å²) in [7, 11) is 0. The molecule has 5 rings (SSSR count). The van der Waals surface area contributed by atoms with Gasteiger partial charge in [-0.2, -0.15) is 0 Å². The molecule has 186 valence electrons. The summed E-state index contributed by atoms with van der Waals surface area (Å²) in [5, 5.41) is 8.57. The fraction of sp³-hybridized carbons (Fsp3) is 0.345. The minimum absolute atomic E-state index is 0.0454. The molecular weight excluding hydrogens is 452 g/mol. The Morgan fingerprint density at radius 2 is 1.92 bits per heavy atom. The van der Waals surface area contributed by atoms with E-state index in [1.54, 1.807) is 0 Å². The van der Waals surface area contributed by atoms with Gasteiger partial charge in [0.2, 0.25) is 5.91 Å². The van der Waals surface area contributed by atoms with Crippen LogP contribution in [0.4, 0.5) is 5.69 Å². The molecule has 0 saturated carbocycles. The van der Waals surface area contributed by atoms with Crippen LogP contribution in [-0.4, -0.2) is 34.9 Å². The molecule has 0 saturated heterocycles. The van der Waals surface area contributed by atoms with Crippen molar-refractivity contribution in [2.24, 2.45) is 0 Å². The molecule has 3 N–H and O–H groups in total. The first-order valence-corrected chi connectivity index (χ1v) is 12.8. The maximum Gasteiger partial charge on any atom is 0.311 e. The first kappa shape index (κ1) is 23.9. The average Bonchev–Trinajstić information content (AvgIpc) is 3.28. The zero-order valence-electron chi connectivity index (χ0n) is 20.7. The zero-order valence-corrected chi connectivity index (χ0v) is 20.7. The number of rotatable bonds is 9. The predicted molar refractivity (Wildman–Crippen MR) is 142 cm³/mol. The normalized spacial score (nSPS) is 12.9. The van der Waals surface area contributed by atoms with E-state index >= 15 is 0 Å². The van der Waals surface area contributed by atoms with Crippen LogP contribution in [0.2, 0.25) is 0 Å². The van der Waals surface area contributed by atoms with Crippen molar-refractivity contribution in [3.8, 4) is 5.75 Å². The third-order valence-corrected chi connectivity index (χ3v) is 6.77. The van der Waals surface area contributed by atoms with Crippen LogP contribution in [0.15, 0.2) is 48.7 Å².